The van der Waals surface area contributed by atoms with Crippen molar-refractivity contribution in [3.05, 3.63) is 0 Å². The van der Waals surface area contributed by atoms with E-state index in [1.165, 1.54) is 58.2 Å². The molecule has 2 atom stereocenters. The second-order valence-electron chi connectivity index (χ2n) is 6.75. The Kier molecular flexibility index (Phi) is 10.9. The van der Waals surface area contributed by atoms with Crippen molar-refractivity contribution >= 4 is 41.7 Å². The fourth-order valence-corrected chi connectivity index (χ4v) is 4.44. The van der Waals surface area contributed by atoms with E-state index in [0.29, 0.717) is 6.04 Å². The minimum absolute atomic E-state index is 0. The molecule has 1 saturated carbocycles. The molecule has 1 aliphatic carbocycles. The second kappa shape index (κ2) is 11.8. The minimum Gasteiger partial charge on any atom is -0.356 e. The number of hydrogen-bond donors (Lipinski definition) is 2. The van der Waals surface area contributed by atoms with Crippen LogP contribution in [0.4, 0.5) is 0 Å². The molecule has 0 amide bonds. The SMILES string of the molecule is CCCN1CCC(CNC(=NC)NC2CCC(SC)C2)CC1.I. The molecule has 0 radical (unpaired) electrons. The number of rotatable bonds is 6. The molecule has 1 saturated heterocycles. The number of aliphatic imine (C=N–C) groups is 1. The van der Waals surface area contributed by atoms with E-state index in [1.807, 2.05) is 18.8 Å². The molecule has 0 aromatic carbocycles. The van der Waals surface area contributed by atoms with E-state index >= 15 is 0 Å². The number of thioether (sulfide) groups is 1. The minimum atomic E-state index is 0. The van der Waals surface area contributed by atoms with Gasteiger partial charge < -0.3 is 15.5 Å². The molecular weight excluding hydrogens is 419 g/mol. The Bertz CT molecular complexity index is 345. The van der Waals surface area contributed by atoms with E-state index in [0.717, 1.165) is 23.7 Å². The number of nitrogens with zero attached hydrogens (tertiary/aromatic N) is 2. The topological polar surface area (TPSA) is 39.7 Å². The van der Waals surface area contributed by atoms with Gasteiger partial charge in [0.1, 0.15) is 0 Å². The van der Waals surface area contributed by atoms with Gasteiger partial charge >= 0.3 is 0 Å². The largest absolute Gasteiger partial charge is 0.356 e. The molecule has 2 rings (SSSR count). The highest BCUT2D eigenvalue weighted by atomic mass is 127. The standard InChI is InChI=1S/C17H34N4S.HI/c1-4-9-21-10-7-14(8-11-21)13-19-17(18-2)20-15-5-6-16(12-15)22-3;/h14-16H,4-13H2,1-3H3,(H2,18,19,20);1H. The number of nitrogens with one attached hydrogen (secondary N) is 2. The molecule has 0 aromatic rings. The first-order chi connectivity index (χ1) is 10.7. The number of likely N-dealkylation sites (tertiary alicyclic amines) is 1. The Morgan fingerprint density at radius 2 is 1.96 bits per heavy atom. The highest BCUT2D eigenvalue weighted by molar-refractivity contribution is 14.0. The summed E-state index contributed by atoms with van der Waals surface area (Å²) in [5.41, 5.74) is 0. The highest BCUT2D eigenvalue weighted by Crippen LogP contribution is 2.28. The first kappa shape index (κ1) is 21.4. The Labute approximate surface area is 164 Å². The summed E-state index contributed by atoms with van der Waals surface area (Å²) in [5.74, 6) is 1.80. The van der Waals surface area contributed by atoms with Gasteiger partial charge in [0.15, 0.2) is 5.96 Å². The fourth-order valence-electron chi connectivity index (χ4n) is 3.64. The zero-order chi connectivity index (χ0) is 15.8. The summed E-state index contributed by atoms with van der Waals surface area (Å²) in [6.07, 6.45) is 10.0. The van der Waals surface area contributed by atoms with Gasteiger partial charge in [0.2, 0.25) is 0 Å². The molecular formula is C17H35IN4S. The maximum Gasteiger partial charge on any atom is 0.191 e. The predicted octanol–water partition coefficient (Wildman–Crippen LogP) is 3.18. The van der Waals surface area contributed by atoms with Crippen LogP contribution in [-0.2, 0) is 0 Å². The van der Waals surface area contributed by atoms with Crippen LogP contribution in [0.5, 0.6) is 0 Å². The average molecular weight is 454 g/mol. The normalized spacial score (nSPS) is 26.8. The van der Waals surface area contributed by atoms with Crippen molar-refractivity contribution in [2.75, 3.05) is 39.5 Å². The Morgan fingerprint density at radius 1 is 1.22 bits per heavy atom. The van der Waals surface area contributed by atoms with Crippen molar-refractivity contribution in [1.29, 1.82) is 0 Å². The van der Waals surface area contributed by atoms with E-state index < -0.39 is 0 Å². The Balaban J connectivity index is 0.00000264. The first-order valence-electron chi connectivity index (χ1n) is 8.97. The van der Waals surface area contributed by atoms with Crippen molar-refractivity contribution in [3.63, 3.8) is 0 Å². The fraction of sp³-hybridized carbons (Fsp3) is 0.941. The molecule has 6 heteroatoms. The smallest absolute Gasteiger partial charge is 0.191 e. The van der Waals surface area contributed by atoms with Crippen LogP contribution in [0.3, 0.4) is 0 Å². The third kappa shape index (κ3) is 7.38. The molecule has 0 spiro atoms. The number of piperidine rings is 1. The summed E-state index contributed by atoms with van der Waals surface area (Å²) in [4.78, 5) is 7.01. The summed E-state index contributed by atoms with van der Waals surface area (Å²) in [5, 5.41) is 8.00. The molecule has 0 bridgehead atoms. The molecule has 2 N–H and O–H groups in total. The highest BCUT2D eigenvalue weighted by Gasteiger charge is 2.25. The molecule has 2 fully saturated rings. The van der Waals surface area contributed by atoms with Gasteiger partial charge in [-0.3, -0.25) is 4.99 Å². The molecule has 1 aliphatic heterocycles. The number of halogens is 1. The van der Waals surface area contributed by atoms with Crippen molar-refractivity contribution in [1.82, 2.24) is 15.5 Å². The van der Waals surface area contributed by atoms with Crippen LogP contribution >= 0.6 is 35.7 Å². The quantitative estimate of drug-likeness (QED) is 0.368. The van der Waals surface area contributed by atoms with E-state index in [9.17, 15) is 0 Å². The molecule has 136 valence electrons. The summed E-state index contributed by atoms with van der Waals surface area (Å²) in [6.45, 7) is 7.14. The molecule has 0 aromatic heterocycles. The number of hydrogen-bond acceptors (Lipinski definition) is 3. The van der Waals surface area contributed by atoms with Gasteiger partial charge in [0, 0.05) is 24.9 Å². The van der Waals surface area contributed by atoms with Gasteiger partial charge in [-0.05, 0) is 70.3 Å². The van der Waals surface area contributed by atoms with Crippen LogP contribution in [0.15, 0.2) is 4.99 Å². The third-order valence-corrected chi connectivity index (χ3v) is 6.18. The summed E-state index contributed by atoms with van der Waals surface area (Å²) in [7, 11) is 1.89. The third-order valence-electron chi connectivity index (χ3n) is 5.09. The maximum atomic E-state index is 4.41. The summed E-state index contributed by atoms with van der Waals surface area (Å²) < 4.78 is 0. The van der Waals surface area contributed by atoms with Crippen molar-refractivity contribution < 1.29 is 0 Å². The first-order valence-corrected chi connectivity index (χ1v) is 10.3. The van der Waals surface area contributed by atoms with Crippen molar-refractivity contribution in [2.45, 2.75) is 56.7 Å². The molecule has 2 unspecified atom stereocenters. The van der Waals surface area contributed by atoms with Crippen LogP contribution in [0.25, 0.3) is 0 Å². The molecule has 1 heterocycles. The van der Waals surface area contributed by atoms with Gasteiger partial charge in [-0.1, -0.05) is 6.92 Å². The van der Waals surface area contributed by atoms with Crippen LogP contribution in [0.2, 0.25) is 0 Å². The molecule has 23 heavy (non-hydrogen) atoms. The monoisotopic (exact) mass is 454 g/mol. The van der Waals surface area contributed by atoms with E-state index in [2.05, 4.69) is 33.7 Å². The Hall–Kier alpha value is 0.310. The van der Waals surface area contributed by atoms with Gasteiger partial charge in [-0.25, -0.2) is 0 Å². The lowest BCUT2D eigenvalue weighted by molar-refractivity contribution is 0.185. The van der Waals surface area contributed by atoms with Crippen LogP contribution in [-0.4, -0.2) is 61.6 Å². The molecule has 4 nitrogen and oxygen atoms in total. The van der Waals surface area contributed by atoms with E-state index in [-0.39, 0.29) is 24.0 Å². The maximum absolute atomic E-state index is 4.41. The van der Waals surface area contributed by atoms with Crippen LogP contribution in [0, 0.1) is 5.92 Å². The van der Waals surface area contributed by atoms with Crippen LogP contribution < -0.4 is 10.6 Å². The zero-order valence-electron chi connectivity index (χ0n) is 15.0. The molecule has 2 aliphatic rings. The predicted molar refractivity (Wildman–Crippen MR) is 114 cm³/mol. The van der Waals surface area contributed by atoms with Gasteiger partial charge in [0.25, 0.3) is 0 Å². The van der Waals surface area contributed by atoms with Crippen molar-refractivity contribution in [3.8, 4) is 0 Å². The van der Waals surface area contributed by atoms with Gasteiger partial charge in [-0.2, -0.15) is 11.8 Å². The van der Waals surface area contributed by atoms with E-state index in [4.69, 9.17) is 0 Å². The zero-order valence-corrected chi connectivity index (χ0v) is 18.2. The second-order valence-corrected chi connectivity index (χ2v) is 7.89. The van der Waals surface area contributed by atoms with Crippen LogP contribution in [0.1, 0.15) is 45.4 Å². The van der Waals surface area contributed by atoms with E-state index in [1.54, 1.807) is 0 Å². The lowest BCUT2D eigenvalue weighted by Gasteiger charge is -2.32. The van der Waals surface area contributed by atoms with Gasteiger partial charge in [0.05, 0.1) is 0 Å². The summed E-state index contributed by atoms with van der Waals surface area (Å²) >= 11 is 2.01. The van der Waals surface area contributed by atoms with Crippen molar-refractivity contribution in [2.24, 2.45) is 10.9 Å². The van der Waals surface area contributed by atoms with Gasteiger partial charge in [-0.15, -0.1) is 24.0 Å². The lowest BCUT2D eigenvalue weighted by atomic mass is 9.97. The lowest BCUT2D eigenvalue weighted by Crippen LogP contribution is -2.45. The number of guanidine groups is 1. The Morgan fingerprint density at radius 3 is 2.52 bits per heavy atom. The average Bonchev–Trinajstić information content (AvgIpc) is 3.00. The summed E-state index contributed by atoms with van der Waals surface area (Å²) in [6, 6.07) is 0.607.